The summed E-state index contributed by atoms with van der Waals surface area (Å²) in [6, 6.07) is 3.07. The Hall–Kier alpha value is -1.86. The van der Waals surface area contributed by atoms with Gasteiger partial charge in [0.05, 0.1) is 6.10 Å². The Morgan fingerprint density at radius 1 is 1.29 bits per heavy atom. The molecular weight excluding hydrogens is 331 g/mol. The van der Waals surface area contributed by atoms with Crippen molar-refractivity contribution in [3.05, 3.63) is 23.9 Å². The first kappa shape index (κ1) is 18.5. The molecule has 1 saturated heterocycles. The highest BCUT2D eigenvalue weighted by atomic mass is 19.4. The van der Waals surface area contributed by atoms with Crippen LogP contribution in [0.2, 0.25) is 0 Å². The lowest BCUT2D eigenvalue weighted by atomic mass is 9.95. The Morgan fingerprint density at radius 2 is 2.00 bits per heavy atom. The zero-order valence-corrected chi connectivity index (χ0v) is 12.6. The number of nitrogens with zero attached hydrogens (tertiary/aromatic N) is 1. The van der Waals surface area contributed by atoms with Gasteiger partial charge in [-0.1, -0.05) is 17.9 Å². The smallest absolute Gasteiger partial charge is 0.433 e. The largest absolute Gasteiger partial charge is 0.468 e. The summed E-state index contributed by atoms with van der Waals surface area (Å²) in [4.78, 5) is 3.34. The zero-order valence-electron chi connectivity index (χ0n) is 12.6. The normalized spacial score (nSPS) is 30.4. The van der Waals surface area contributed by atoms with Gasteiger partial charge in [-0.05, 0) is 13.0 Å². The average Bonchev–Trinajstić information content (AvgIpc) is 2.53. The molecule has 1 fully saturated rings. The van der Waals surface area contributed by atoms with Crippen molar-refractivity contribution in [2.75, 3.05) is 6.61 Å². The molecular formula is C15H16F3NO5. The van der Waals surface area contributed by atoms with Crippen LogP contribution in [-0.2, 0) is 10.9 Å². The van der Waals surface area contributed by atoms with Gasteiger partial charge in [0.15, 0.2) is 12.2 Å². The van der Waals surface area contributed by atoms with Crippen LogP contribution in [0.1, 0.15) is 12.6 Å². The molecule has 2 heterocycles. The number of ether oxygens (including phenoxy) is 2. The summed E-state index contributed by atoms with van der Waals surface area (Å²) in [6.45, 7) is 1.03. The van der Waals surface area contributed by atoms with Gasteiger partial charge in [-0.3, -0.25) is 0 Å². The second-order valence-corrected chi connectivity index (χ2v) is 5.16. The van der Waals surface area contributed by atoms with E-state index in [1.54, 1.807) is 0 Å². The maximum absolute atomic E-state index is 12.7. The van der Waals surface area contributed by atoms with Crippen molar-refractivity contribution in [3.8, 4) is 17.7 Å². The fraction of sp³-hybridized carbons (Fsp3) is 0.533. The third-order valence-corrected chi connectivity index (χ3v) is 3.42. The van der Waals surface area contributed by atoms with Gasteiger partial charge >= 0.3 is 6.18 Å². The second-order valence-electron chi connectivity index (χ2n) is 5.16. The summed E-state index contributed by atoms with van der Waals surface area (Å²) >= 11 is 0. The van der Waals surface area contributed by atoms with Crippen LogP contribution in [0.3, 0.4) is 0 Å². The van der Waals surface area contributed by atoms with Crippen LogP contribution in [0.5, 0.6) is 5.88 Å². The van der Waals surface area contributed by atoms with Crippen molar-refractivity contribution in [2.24, 2.45) is 0 Å². The monoisotopic (exact) mass is 347 g/mol. The molecule has 5 atom stereocenters. The molecule has 1 aliphatic heterocycles. The Balaban J connectivity index is 2.26. The lowest BCUT2D eigenvalue weighted by Crippen LogP contribution is -2.58. The van der Waals surface area contributed by atoms with Crippen LogP contribution in [0.25, 0.3) is 0 Å². The van der Waals surface area contributed by atoms with E-state index < -0.39 is 54.9 Å². The first-order valence-electron chi connectivity index (χ1n) is 7.05. The summed E-state index contributed by atoms with van der Waals surface area (Å²) in [5.74, 6) is 4.44. The van der Waals surface area contributed by atoms with Gasteiger partial charge in [-0.15, -0.1) is 0 Å². The fourth-order valence-electron chi connectivity index (χ4n) is 2.21. The Kier molecular flexibility index (Phi) is 5.66. The minimum absolute atomic E-state index is 0.393. The summed E-state index contributed by atoms with van der Waals surface area (Å²) in [6.07, 6.45) is -10.5. The molecule has 0 spiro atoms. The highest BCUT2D eigenvalue weighted by Gasteiger charge is 2.44. The van der Waals surface area contributed by atoms with Gasteiger partial charge in [-0.2, -0.15) is 13.2 Å². The Bertz CT molecular complexity index is 628. The van der Waals surface area contributed by atoms with Crippen molar-refractivity contribution < 1.29 is 38.0 Å². The number of aliphatic hydroxyl groups is 3. The SMILES string of the molecule is C[C@H]1O[C@H](C#CCO)[C@H](Oc2cccc(C(F)(F)F)n2)[C@@H](O)[C@H]1O. The van der Waals surface area contributed by atoms with Crippen LogP contribution in [0, 0.1) is 11.8 Å². The van der Waals surface area contributed by atoms with Gasteiger partial charge in [-0.25, -0.2) is 4.98 Å². The number of aliphatic hydroxyl groups excluding tert-OH is 3. The number of rotatable bonds is 2. The van der Waals surface area contributed by atoms with E-state index in [1.165, 1.54) is 13.0 Å². The van der Waals surface area contributed by atoms with Gasteiger partial charge in [0.25, 0.3) is 0 Å². The van der Waals surface area contributed by atoms with E-state index in [0.717, 1.165) is 12.1 Å². The first-order valence-corrected chi connectivity index (χ1v) is 7.05. The lowest BCUT2D eigenvalue weighted by molar-refractivity contribution is -0.195. The number of hydrogen-bond donors (Lipinski definition) is 3. The van der Waals surface area contributed by atoms with Gasteiger partial charge < -0.3 is 24.8 Å². The molecule has 0 radical (unpaired) electrons. The van der Waals surface area contributed by atoms with E-state index >= 15 is 0 Å². The maximum atomic E-state index is 12.7. The molecule has 0 amide bonds. The molecule has 0 aromatic carbocycles. The third kappa shape index (κ3) is 4.15. The summed E-state index contributed by atoms with van der Waals surface area (Å²) in [5, 5.41) is 28.8. The first-order chi connectivity index (χ1) is 11.2. The van der Waals surface area contributed by atoms with E-state index in [0.29, 0.717) is 0 Å². The number of alkyl halides is 3. The summed E-state index contributed by atoms with van der Waals surface area (Å²) in [5.41, 5.74) is -1.15. The molecule has 2 rings (SSSR count). The van der Waals surface area contributed by atoms with Crippen molar-refractivity contribution in [1.82, 2.24) is 4.98 Å². The third-order valence-electron chi connectivity index (χ3n) is 3.42. The van der Waals surface area contributed by atoms with Gasteiger partial charge in [0, 0.05) is 6.07 Å². The van der Waals surface area contributed by atoms with Crippen LogP contribution in [0.4, 0.5) is 13.2 Å². The number of pyridine rings is 1. The lowest BCUT2D eigenvalue weighted by Gasteiger charge is -2.39. The van der Waals surface area contributed by atoms with E-state index in [1.807, 2.05) is 0 Å². The Morgan fingerprint density at radius 3 is 2.62 bits per heavy atom. The van der Waals surface area contributed by atoms with Gasteiger partial charge in [0.2, 0.25) is 5.88 Å². The molecule has 132 valence electrons. The minimum Gasteiger partial charge on any atom is -0.468 e. The number of aromatic nitrogens is 1. The molecule has 9 heteroatoms. The molecule has 1 aromatic heterocycles. The summed E-state index contributed by atoms with van der Waals surface area (Å²) in [7, 11) is 0. The summed E-state index contributed by atoms with van der Waals surface area (Å²) < 4.78 is 48.8. The number of halogens is 3. The highest BCUT2D eigenvalue weighted by molar-refractivity contribution is 5.20. The standard InChI is InChI=1S/C15H16F3NO5/c1-8-12(21)13(22)14(9(23-8)4-3-7-20)24-11-6-2-5-10(19-11)15(16,17)18/h2,5-6,8-9,12-14,20-22H,7H2,1H3/t8-,9-,12+,13+,14+/m1/s1. The topological polar surface area (TPSA) is 92.0 Å². The minimum atomic E-state index is -4.65. The predicted octanol–water partition coefficient (Wildman–Crippen LogP) is 0.353. The predicted molar refractivity (Wildman–Crippen MR) is 74.9 cm³/mol. The van der Waals surface area contributed by atoms with Crippen molar-refractivity contribution >= 4 is 0 Å². The fourth-order valence-corrected chi connectivity index (χ4v) is 2.21. The van der Waals surface area contributed by atoms with E-state index in [9.17, 15) is 23.4 Å². The van der Waals surface area contributed by atoms with Crippen molar-refractivity contribution in [2.45, 2.75) is 43.6 Å². The van der Waals surface area contributed by atoms with E-state index in [-0.39, 0.29) is 0 Å². The molecule has 1 aliphatic rings. The Labute approximate surface area is 135 Å². The van der Waals surface area contributed by atoms with Crippen molar-refractivity contribution in [1.29, 1.82) is 0 Å². The van der Waals surface area contributed by atoms with Crippen molar-refractivity contribution in [3.63, 3.8) is 0 Å². The maximum Gasteiger partial charge on any atom is 0.433 e. The molecule has 24 heavy (non-hydrogen) atoms. The quantitative estimate of drug-likeness (QED) is 0.669. The molecule has 0 saturated carbocycles. The van der Waals surface area contributed by atoms with E-state index in [4.69, 9.17) is 14.6 Å². The molecule has 0 unspecified atom stereocenters. The molecule has 3 N–H and O–H groups in total. The van der Waals surface area contributed by atoms with Crippen LogP contribution >= 0.6 is 0 Å². The average molecular weight is 347 g/mol. The second kappa shape index (κ2) is 7.36. The van der Waals surface area contributed by atoms with Crippen LogP contribution in [-0.4, -0.2) is 57.4 Å². The number of hydrogen-bond acceptors (Lipinski definition) is 6. The van der Waals surface area contributed by atoms with E-state index in [2.05, 4.69) is 16.8 Å². The molecule has 6 nitrogen and oxygen atoms in total. The molecule has 0 bridgehead atoms. The van der Waals surface area contributed by atoms with Crippen LogP contribution < -0.4 is 4.74 Å². The van der Waals surface area contributed by atoms with Gasteiger partial charge in [0.1, 0.15) is 24.5 Å². The highest BCUT2D eigenvalue weighted by Crippen LogP contribution is 2.30. The molecule has 0 aliphatic carbocycles. The zero-order chi connectivity index (χ0) is 17.9. The van der Waals surface area contributed by atoms with Crippen LogP contribution in [0.15, 0.2) is 18.2 Å². The molecule has 1 aromatic rings.